The van der Waals surface area contributed by atoms with Gasteiger partial charge in [0.1, 0.15) is 17.0 Å². The van der Waals surface area contributed by atoms with E-state index in [-0.39, 0.29) is 0 Å². The summed E-state index contributed by atoms with van der Waals surface area (Å²) in [4.78, 5) is 27.6. The second-order valence-electron chi connectivity index (χ2n) is 8.38. The fourth-order valence-corrected chi connectivity index (χ4v) is 5.71. The van der Waals surface area contributed by atoms with Gasteiger partial charge in [0.15, 0.2) is 0 Å². The molecule has 27 heavy (non-hydrogen) atoms. The molecule has 0 aromatic carbocycles. The molecule has 3 fully saturated rings. The molecular weight excluding hydrogens is 356 g/mol. The van der Waals surface area contributed by atoms with E-state index in [0.717, 1.165) is 56.0 Å². The Balaban J connectivity index is 1.30. The van der Waals surface area contributed by atoms with E-state index >= 15 is 0 Å². The van der Waals surface area contributed by atoms with E-state index in [1.807, 2.05) is 0 Å². The van der Waals surface area contributed by atoms with Gasteiger partial charge in [0.25, 0.3) is 0 Å². The number of fused-ring (bicyclic) bond motifs is 1. The highest BCUT2D eigenvalue weighted by Gasteiger charge is 2.39. The van der Waals surface area contributed by atoms with Crippen LogP contribution in [0.2, 0.25) is 0 Å². The first kappa shape index (κ1) is 17.4. The lowest BCUT2D eigenvalue weighted by atomic mass is 9.86. The Labute approximate surface area is 164 Å². The Bertz CT molecular complexity index is 809. The van der Waals surface area contributed by atoms with Crippen LogP contribution in [0.15, 0.2) is 17.8 Å². The van der Waals surface area contributed by atoms with Crippen LogP contribution in [0.4, 0.5) is 5.82 Å². The van der Waals surface area contributed by atoms with Gasteiger partial charge in [-0.3, -0.25) is 4.79 Å². The van der Waals surface area contributed by atoms with Crippen LogP contribution in [0.3, 0.4) is 0 Å². The molecule has 0 radical (unpaired) electrons. The summed E-state index contributed by atoms with van der Waals surface area (Å²) in [5, 5.41) is 3.28. The van der Waals surface area contributed by atoms with Crippen LogP contribution in [-0.4, -0.2) is 46.5 Å². The van der Waals surface area contributed by atoms with Gasteiger partial charge in [0.05, 0.1) is 5.39 Å². The molecular formula is C21H28N4OS. The normalized spacial score (nSPS) is 25.0. The molecule has 2 aromatic heterocycles. The number of aromatic nitrogens is 2. The van der Waals surface area contributed by atoms with Crippen LogP contribution in [0.25, 0.3) is 10.2 Å². The number of nitrogens with zero attached hydrogens (tertiary/aromatic N) is 4. The number of piperidine rings is 1. The van der Waals surface area contributed by atoms with E-state index in [0.29, 0.717) is 23.8 Å². The maximum absolute atomic E-state index is 12.9. The van der Waals surface area contributed by atoms with Crippen molar-refractivity contribution in [1.29, 1.82) is 0 Å². The van der Waals surface area contributed by atoms with Crippen molar-refractivity contribution in [2.75, 3.05) is 24.5 Å². The van der Waals surface area contributed by atoms with Crippen LogP contribution in [-0.2, 0) is 4.79 Å². The van der Waals surface area contributed by atoms with Crippen molar-refractivity contribution < 1.29 is 4.79 Å². The number of rotatable bonds is 3. The number of likely N-dealkylation sites (tertiary alicyclic amines) is 1. The Hall–Kier alpha value is -1.69. The van der Waals surface area contributed by atoms with Crippen molar-refractivity contribution in [3.8, 4) is 0 Å². The number of amides is 1. The highest BCUT2D eigenvalue weighted by Crippen LogP contribution is 2.37. The molecule has 5 rings (SSSR count). The lowest BCUT2D eigenvalue weighted by Crippen LogP contribution is -2.48. The summed E-state index contributed by atoms with van der Waals surface area (Å²) >= 11 is 1.68. The third-order valence-corrected chi connectivity index (χ3v) is 7.45. The second-order valence-corrected chi connectivity index (χ2v) is 9.28. The van der Waals surface area contributed by atoms with E-state index in [4.69, 9.17) is 0 Å². The molecule has 5 nitrogen and oxygen atoms in total. The van der Waals surface area contributed by atoms with E-state index in [1.54, 1.807) is 17.7 Å². The summed E-state index contributed by atoms with van der Waals surface area (Å²) in [6.07, 6.45) is 11.2. The van der Waals surface area contributed by atoms with Crippen molar-refractivity contribution in [1.82, 2.24) is 14.9 Å². The maximum Gasteiger partial charge on any atom is 0.225 e. The van der Waals surface area contributed by atoms with Crippen molar-refractivity contribution in [3.05, 3.63) is 17.8 Å². The molecule has 144 valence electrons. The van der Waals surface area contributed by atoms with E-state index in [1.165, 1.54) is 31.1 Å². The number of thiophene rings is 1. The maximum atomic E-state index is 12.9. The molecule has 1 amide bonds. The molecule has 1 aliphatic carbocycles. The molecule has 0 N–H and O–H groups in total. The van der Waals surface area contributed by atoms with E-state index < -0.39 is 0 Å². The predicted molar refractivity (Wildman–Crippen MR) is 109 cm³/mol. The fraction of sp³-hybridized carbons (Fsp3) is 0.667. The SMILES string of the molecule is O=C(C1CC1)N1CCCCC[C@@H]1C1CCN(c2ncnc3sccc23)CC1. The summed E-state index contributed by atoms with van der Waals surface area (Å²) in [6, 6.07) is 2.61. The minimum absolute atomic E-state index is 0.346. The highest BCUT2D eigenvalue weighted by molar-refractivity contribution is 7.16. The number of anilines is 1. The second kappa shape index (κ2) is 7.38. The fourth-order valence-electron chi connectivity index (χ4n) is 4.99. The standard InChI is InChI=1S/C21H28N4OS/c26-21(16-5-6-16)25-10-3-1-2-4-18(25)15-7-11-24(12-8-15)19-17-9-13-27-20(17)23-14-22-19/h9,13-16,18H,1-8,10-12H2/t18-/m1/s1. The summed E-state index contributed by atoms with van der Waals surface area (Å²) in [5.41, 5.74) is 0. The molecule has 6 heteroatoms. The lowest BCUT2D eigenvalue weighted by Gasteiger charge is -2.41. The summed E-state index contributed by atoms with van der Waals surface area (Å²) in [7, 11) is 0. The molecule has 0 unspecified atom stereocenters. The Morgan fingerprint density at radius 1 is 1.00 bits per heavy atom. The monoisotopic (exact) mass is 384 g/mol. The van der Waals surface area contributed by atoms with E-state index in [2.05, 4.69) is 31.2 Å². The summed E-state index contributed by atoms with van der Waals surface area (Å²) < 4.78 is 0. The number of hydrogen-bond donors (Lipinski definition) is 0. The Morgan fingerprint density at radius 2 is 1.85 bits per heavy atom. The summed E-state index contributed by atoms with van der Waals surface area (Å²) in [5.74, 6) is 2.53. The first-order chi connectivity index (χ1) is 13.3. The van der Waals surface area contributed by atoms with Crippen molar-refractivity contribution in [3.63, 3.8) is 0 Å². The van der Waals surface area contributed by atoms with E-state index in [9.17, 15) is 4.79 Å². The molecule has 2 saturated heterocycles. The molecule has 2 aromatic rings. The van der Waals surface area contributed by atoms with Crippen LogP contribution in [0.5, 0.6) is 0 Å². The quantitative estimate of drug-likeness (QED) is 0.800. The topological polar surface area (TPSA) is 49.3 Å². The van der Waals surface area contributed by atoms with Gasteiger partial charge in [-0.05, 0) is 55.9 Å². The van der Waals surface area contributed by atoms with Crippen LogP contribution < -0.4 is 4.90 Å². The summed E-state index contributed by atoms with van der Waals surface area (Å²) in [6.45, 7) is 3.06. The molecule has 2 aliphatic heterocycles. The molecule has 1 saturated carbocycles. The first-order valence-corrected chi connectivity index (χ1v) is 11.4. The van der Waals surface area contributed by atoms with Crippen molar-refractivity contribution in [2.24, 2.45) is 11.8 Å². The van der Waals surface area contributed by atoms with Crippen LogP contribution in [0, 0.1) is 11.8 Å². The zero-order valence-electron chi connectivity index (χ0n) is 15.8. The minimum Gasteiger partial charge on any atom is -0.356 e. The van der Waals surface area contributed by atoms with Crippen molar-refractivity contribution >= 4 is 33.3 Å². The van der Waals surface area contributed by atoms with Crippen LogP contribution >= 0.6 is 11.3 Å². The first-order valence-electron chi connectivity index (χ1n) is 10.5. The van der Waals surface area contributed by atoms with Crippen LogP contribution in [0.1, 0.15) is 51.4 Å². The van der Waals surface area contributed by atoms with Gasteiger partial charge >= 0.3 is 0 Å². The number of carbonyl (C=O) groups is 1. The van der Waals surface area contributed by atoms with Gasteiger partial charge in [-0.15, -0.1) is 11.3 Å². The Kier molecular flexibility index (Phi) is 4.76. The van der Waals surface area contributed by atoms with Gasteiger partial charge in [-0.25, -0.2) is 9.97 Å². The minimum atomic E-state index is 0.346. The zero-order chi connectivity index (χ0) is 18.2. The molecule has 4 heterocycles. The van der Waals surface area contributed by atoms with Gasteiger partial charge < -0.3 is 9.80 Å². The number of carbonyl (C=O) groups excluding carboxylic acids is 1. The van der Waals surface area contributed by atoms with Gasteiger partial charge in [0.2, 0.25) is 5.91 Å². The average molecular weight is 385 g/mol. The van der Waals surface area contributed by atoms with Gasteiger partial charge in [-0.1, -0.05) is 12.8 Å². The van der Waals surface area contributed by atoms with Crippen molar-refractivity contribution in [2.45, 2.75) is 57.4 Å². The van der Waals surface area contributed by atoms with Gasteiger partial charge in [0, 0.05) is 31.6 Å². The smallest absolute Gasteiger partial charge is 0.225 e. The zero-order valence-corrected chi connectivity index (χ0v) is 16.7. The molecule has 1 atom stereocenters. The number of hydrogen-bond acceptors (Lipinski definition) is 5. The third kappa shape index (κ3) is 3.44. The largest absolute Gasteiger partial charge is 0.356 e. The highest BCUT2D eigenvalue weighted by atomic mass is 32.1. The molecule has 0 bridgehead atoms. The van der Waals surface area contributed by atoms with Gasteiger partial charge in [-0.2, -0.15) is 0 Å². The average Bonchev–Trinajstić information content (AvgIpc) is 3.49. The Morgan fingerprint density at radius 3 is 2.67 bits per heavy atom. The third-order valence-electron chi connectivity index (χ3n) is 6.63. The predicted octanol–water partition coefficient (Wildman–Crippen LogP) is 4.09. The molecule has 0 spiro atoms. The lowest BCUT2D eigenvalue weighted by molar-refractivity contribution is -0.136. The molecule has 3 aliphatic rings.